The van der Waals surface area contributed by atoms with Crippen LogP contribution in [0.3, 0.4) is 0 Å². The lowest BCUT2D eigenvalue weighted by Crippen LogP contribution is -2.48. The van der Waals surface area contributed by atoms with Gasteiger partial charge in [0.1, 0.15) is 6.04 Å². The van der Waals surface area contributed by atoms with Gasteiger partial charge >= 0.3 is 5.97 Å². The maximum Gasteiger partial charge on any atom is 0.326 e. The van der Waals surface area contributed by atoms with E-state index in [1.807, 2.05) is 30.3 Å². The summed E-state index contributed by atoms with van der Waals surface area (Å²) < 4.78 is 0. The standard InChI is InChI=1S/C17H24N2O3/c1-12-8-9-13(2)19(12)11-16(20)18-15(17(21)22)10-14-6-4-3-5-7-14/h3-7,12-13,15H,8-11H2,1-2H3,(H,18,20)(H,21,22)/t12?,13?,15-/m0/s1. The van der Waals surface area contributed by atoms with Gasteiger partial charge in [0.05, 0.1) is 6.54 Å². The summed E-state index contributed by atoms with van der Waals surface area (Å²) >= 11 is 0. The molecule has 3 atom stereocenters. The van der Waals surface area contributed by atoms with Crippen LogP contribution in [0.1, 0.15) is 32.3 Å². The number of likely N-dealkylation sites (tertiary alicyclic amines) is 1. The lowest BCUT2D eigenvalue weighted by atomic mass is 10.1. The number of carboxylic acids is 1. The van der Waals surface area contributed by atoms with Crippen LogP contribution in [-0.4, -0.2) is 46.6 Å². The maximum absolute atomic E-state index is 12.2. The van der Waals surface area contributed by atoms with E-state index in [2.05, 4.69) is 24.1 Å². The van der Waals surface area contributed by atoms with E-state index >= 15 is 0 Å². The van der Waals surface area contributed by atoms with Crippen LogP contribution in [0.2, 0.25) is 0 Å². The van der Waals surface area contributed by atoms with Crippen LogP contribution in [-0.2, 0) is 16.0 Å². The third-order valence-corrected chi connectivity index (χ3v) is 4.38. The maximum atomic E-state index is 12.2. The minimum absolute atomic E-state index is 0.219. The van der Waals surface area contributed by atoms with Gasteiger partial charge in [-0.05, 0) is 32.3 Å². The van der Waals surface area contributed by atoms with Gasteiger partial charge in [-0.1, -0.05) is 30.3 Å². The number of carbonyl (C=O) groups is 2. The van der Waals surface area contributed by atoms with Crippen molar-refractivity contribution in [1.82, 2.24) is 10.2 Å². The van der Waals surface area contributed by atoms with Crippen molar-refractivity contribution >= 4 is 11.9 Å². The van der Waals surface area contributed by atoms with Crippen LogP contribution < -0.4 is 5.32 Å². The quantitative estimate of drug-likeness (QED) is 0.839. The molecule has 2 rings (SSSR count). The monoisotopic (exact) mass is 304 g/mol. The number of aliphatic carboxylic acids is 1. The first-order valence-electron chi connectivity index (χ1n) is 7.79. The van der Waals surface area contributed by atoms with Crippen LogP contribution in [0.15, 0.2) is 30.3 Å². The number of nitrogens with one attached hydrogen (secondary N) is 1. The summed E-state index contributed by atoms with van der Waals surface area (Å²) in [6, 6.07) is 9.21. The highest BCUT2D eigenvalue weighted by atomic mass is 16.4. The van der Waals surface area contributed by atoms with E-state index in [0.29, 0.717) is 18.5 Å². The van der Waals surface area contributed by atoms with Crippen molar-refractivity contribution in [2.24, 2.45) is 0 Å². The van der Waals surface area contributed by atoms with E-state index in [4.69, 9.17) is 0 Å². The molecule has 1 saturated heterocycles. The van der Waals surface area contributed by atoms with Gasteiger partial charge in [-0.15, -0.1) is 0 Å². The largest absolute Gasteiger partial charge is 0.480 e. The SMILES string of the molecule is CC1CCC(C)N1CC(=O)N[C@@H](Cc1ccccc1)C(=O)O. The fourth-order valence-corrected chi connectivity index (χ4v) is 3.02. The van der Waals surface area contributed by atoms with E-state index in [-0.39, 0.29) is 12.5 Å². The molecule has 22 heavy (non-hydrogen) atoms. The summed E-state index contributed by atoms with van der Waals surface area (Å²) in [5.41, 5.74) is 0.901. The first-order valence-corrected chi connectivity index (χ1v) is 7.79. The van der Waals surface area contributed by atoms with Crippen LogP contribution >= 0.6 is 0 Å². The molecular weight excluding hydrogens is 280 g/mol. The Kier molecular flexibility index (Phi) is 5.55. The molecule has 0 aromatic heterocycles. The molecule has 2 N–H and O–H groups in total. The highest BCUT2D eigenvalue weighted by Gasteiger charge is 2.30. The topological polar surface area (TPSA) is 69.6 Å². The summed E-state index contributed by atoms with van der Waals surface area (Å²) in [6.07, 6.45) is 2.47. The second-order valence-corrected chi connectivity index (χ2v) is 6.10. The highest BCUT2D eigenvalue weighted by molar-refractivity contribution is 5.85. The fraction of sp³-hybridized carbons (Fsp3) is 0.529. The number of hydrogen-bond donors (Lipinski definition) is 2. The Morgan fingerprint density at radius 3 is 2.36 bits per heavy atom. The molecular formula is C17H24N2O3. The Morgan fingerprint density at radius 1 is 1.23 bits per heavy atom. The van der Waals surface area contributed by atoms with Crippen molar-refractivity contribution in [2.75, 3.05) is 6.54 Å². The molecule has 1 amide bonds. The molecule has 0 radical (unpaired) electrons. The van der Waals surface area contributed by atoms with Crippen LogP contribution in [0.5, 0.6) is 0 Å². The average Bonchev–Trinajstić information content (AvgIpc) is 2.79. The second kappa shape index (κ2) is 7.40. The first kappa shape index (κ1) is 16.5. The van der Waals surface area contributed by atoms with E-state index in [1.54, 1.807) is 0 Å². The van der Waals surface area contributed by atoms with Gasteiger partial charge < -0.3 is 10.4 Å². The van der Waals surface area contributed by atoms with Crippen molar-refractivity contribution in [1.29, 1.82) is 0 Å². The minimum atomic E-state index is -1.00. The van der Waals surface area contributed by atoms with Gasteiger partial charge in [-0.3, -0.25) is 9.69 Å². The smallest absolute Gasteiger partial charge is 0.326 e. The number of carboxylic acid groups (broad SMARTS) is 1. The number of nitrogens with zero attached hydrogens (tertiary/aromatic N) is 1. The Labute approximate surface area is 131 Å². The van der Waals surface area contributed by atoms with Crippen molar-refractivity contribution < 1.29 is 14.7 Å². The average molecular weight is 304 g/mol. The van der Waals surface area contributed by atoms with E-state index in [1.165, 1.54) is 0 Å². The normalized spacial score (nSPS) is 23.2. The summed E-state index contributed by atoms with van der Waals surface area (Å²) in [5, 5.41) is 12.0. The third-order valence-electron chi connectivity index (χ3n) is 4.38. The third kappa shape index (κ3) is 4.31. The first-order chi connectivity index (χ1) is 10.5. The Bertz CT molecular complexity index is 508. The number of hydrogen-bond acceptors (Lipinski definition) is 3. The van der Waals surface area contributed by atoms with Gasteiger partial charge in [0.25, 0.3) is 0 Å². The zero-order valence-electron chi connectivity index (χ0n) is 13.2. The van der Waals surface area contributed by atoms with Crippen molar-refractivity contribution in [3.8, 4) is 0 Å². The zero-order chi connectivity index (χ0) is 16.1. The Morgan fingerprint density at radius 2 is 1.82 bits per heavy atom. The predicted octanol–water partition coefficient (Wildman–Crippen LogP) is 1.67. The van der Waals surface area contributed by atoms with E-state index in [9.17, 15) is 14.7 Å². The molecule has 1 fully saturated rings. The molecule has 0 bridgehead atoms. The minimum Gasteiger partial charge on any atom is -0.480 e. The van der Waals surface area contributed by atoms with Gasteiger partial charge in [0.2, 0.25) is 5.91 Å². The molecule has 1 aliphatic rings. The fourth-order valence-electron chi connectivity index (χ4n) is 3.02. The zero-order valence-corrected chi connectivity index (χ0v) is 13.2. The van der Waals surface area contributed by atoms with Crippen LogP contribution in [0, 0.1) is 0 Å². The molecule has 1 aliphatic heterocycles. The molecule has 0 aliphatic carbocycles. The van der Waals surface area contributed by atoms with Crippen molar-refractivity contribution in [2.45, 2.75) is 51.2 Å². The van der Waals surface area contributed by atoms with Gasteiger partial charge in [0, 0.05) is 18.5 Å². The van der Waals surface area contributed by atoms with Gasteiger partial charge in [-0.2, -0.15) is 0 Å². The van der Waals surface area contributed by atoms with Gasteiger partial charge in [-0.25, -0.2) is 4.79 Å². The molecule has 1 aromatic rings. The lowest BCUT2D eigenvalue weighted by Gasteiger charge is -2.26. The molecule has 1 heterocycles. The predicted molar refractivity (Wildman–Crippen MR) is 84.6 cm³/mol. The van der Waals surface area contributed by atoms with Gasteiger partial charge in [0.15, 0.2) is 0 Å². The molecule has 0 saturated carbocycles. The number of benzene rings is 1. The molecule has 0 spiro atoms. The molecule has 2 unspecified atom stereocenters. The number of carbonyl (C=O) groups excluding carboxylic acids is 1. The van der Waals surface area contributed by atoms with Crippen LogP contribution in [0.4, 0.5) is 0 Å². The van der Waals surface area contributed by atoms with Crippen LogP contribution in [0.25, 0.3) is 0 Å². The molecule has 5 nitrogen and oxygen atoms in total. The molecule has 120 valence electrons. The highest BCUT2D eigenvalue weighted by Crippen LogP contribution is 2.22. The summed E-state index contributed by atoms with van der Waals surface area (Å²) in [4.78, 5) is 25.7. The summed E-state index contributed by atoms with van der Waals surface area (Å²) in [7, 11) is 0. The summed E-state index contributed by atoms with van der Waals surface area (Å²) in [5.74, 6) is -1.22. The molecule has 5 heteroatoms. The van der Waals surface area contributed by atoms with E-state index < -0.39 is 12.0 Å². The number of rotatable bonds is 6. The summed E-state index contributed by atoms with van der Waals surface area (Å²) in [6.45, 7) is 4.48. The molecule has 1 aromatic carbocycles. The lowest BCUT2D eigenvalue weighted by molar-refractivity contribution is -0.142. The van der Waals surface area contributed by atoms with E-state index in [0.717, 1.165) is 18.4 Å². The van der Waals surface area contributed by atoms with Crippen molar-refractivity contribution in [3.63, 3.8) is 0 Å². The Hall–Kier alpha value is -1.88. The second-order valence-electron chi connectivity index (χ2n) is 6.10. The number of amides is 1. The van der Waals surface area contributed by atoms with Crippen molar-refractivity contribution in [3.05, 3.63) is 35.9 Å². The Balaban J connectivity index is 1.93.